The molecule has 0 unspecified atom stereocenters. The molecule has 0 aliphatic heterocycles. The van der Waals surface area contributed by atoms with E-state index >= 15 is 0 Å². The fourth-order valence-electron chi connectivity index (χ4n) is 2.18. The van der Waals surface area contributed by atoms with Gasteiger partial charge in [0.15, 0.2) is 0 Å². The van der Waals surface area contributed by atoms with Crippen molar-refractivity contribution in [3.05, 3.63) is 56.0 Å². The maximum atomic E-state index is 10.7. The van der Waals surface area contributed by atoms with Gasteiger partial charge >= 0.3 is 0 Å². The van der Waals surface area contributed by atoms with Gasteiger partial charge in [-0.3, -0.25) is 10.1 Å². The van der Waals surface area contributed by atoms with Gasteiger partial charge in [0.2, 0.25) is 0 Å². The summed E-state index contributed by atoms with van der Waals surface area (Å²) in [7, 11) is 0. The minimum atomic E-state index is -0.380. The van der Waals surface area contributed by atoms with Gasteiger partial charge in [0, 0.05) is 23.4 Å². The molecule has 1 saturated carbocycles. The van der Waals surface area contributed by atoms with Crippen LogP contribution in [-0.2, 0) is 0 Å². The van der Waals surface area contributed by atoms with Crippen LogP contribution in [0.15, 0.2) is 29.6 Å². The SMILES string of the molecule is Cl.O=[N+]([O-])c1cccc(/C=C/c2nc(C3CCC3)cs2)c1. The van der Waals surface area contributed by atoms with Gasteiger partial charge in [-0.15, -0.1) is 23.7 Å². The molecule has 1 aromatic carbocycles. The number of non-ortho nitro benzene ring substituents is 1. The highest BCUT2D eigenvalue weighted by Gasteiger charge is 2.21. The molecule has 21 heavy (non-hydrogen) atoms. The molecule has 1 fully saturated rings. The number of halogens is 1. The molecule has 1 heterocycles. The molecule has 4 nitrogen and oxygen atoms in total. The van der Waals surface area contributed by atoms with Crippen LogP contribution in [0.3, 0.4) is 0 Å². The van der Waals surface area contributed by atoms with Crippen molar-refractivity contribution in [2.45, 2.75) is 25.2 Å². The zero-order valence-electron chi connectivity index (χ0n) is 11.3. The van der Waals surface area contributed by atoms with Crippen LogP contribution in [0.4, 0.5) is 5.69 Å². The summed E-state index contributed by atoms with van der Waals surface area (Å²) < 4.78 is 0. The van der Waals surface area contributed by atoms with E-state index < -0.39 is 0 Å². The topological polar surface area (TPSA) is 56.0 Å². The van der Waals surface area contributed by atoms with E-state index in [-0.39, 0.29) is 23.0 Å². The molecular weight excluding hydrogens is 308 g/mol. The number of hydrogen-bond acceptors (Lipinski definition) is 4. The highest BCUT2D eigenvalue weighted by Crippen LogP contribution is 2.36. The van der Waals surface area contributed by atoms with Crippen molar-refractivity contribution in [2.75, 3.05) is 0 Å². The van der Waals surface area contributed by atoms with Crippen molar-refractivity contribution >= 4 is 41.6 Å². The quantitative estimate of drug-likeness (QED) is 0.593. The minimum absolute atomic E-state index is 0. The molecule has 0 N–H and O–H groups in total. The summed E-state index contributed by atoms with van der Waals surface area (Å²) in [6.07, 6.45) is 7.60. The Morgan fingerprint density at radius 2 is 2.14 bits per heavy atom. The first kappa shape index (κ1) is 15.7. The third-order valence-electron chi connectivity index (χ3n) is 3.56. The second-order valence-electron chi connectivity index (χ2n) is 4.92. The van der Waals surface area contributed by atoms with E-state index in [9.17, 15) is 10.1 Å². The molecule has 0 saturated heterocycles. The van der Waals surface area contributed by atoms with Gasteiger partial charge in [-0.2, -0.15) is 0 Å². The van der Waals surface area contributed by atoms with Crippen molar-refractivity contribution in [3.63, 3.8) is 0 Å². The van der Waals surface area contributed by atoms with Gasteiger partial charge in [0.1, 0.15) is 5.01 Å². The Bertz CT molecular complexity index is 665. The Balaban J connectivity index is 0.00000161. The van der Waals surface area contributed by atoms with Gasteiger partial charge in [0.05, 0.1) is 10.6 Å². The van der Waals surface area contributed by atoms with E-state index in [2.05, 4.69) is 10.4 Å². The van der Waals surface area contributed by atoms with Gasteiger partial charge in [0.25, 0.3) is 5.69 Å². The Morgan fingerprint density at radius 3 is 2.81 bits per heavy atom. The Kier molecular flexibility index (Phi) is 5.09. The largest absolute Gasteiger partial charge is 0.270 e. The number of rotatable bonds is 4. The molecule has 0 radical (unpaired) electrons. The molecule has 3 rings (SSSR count). The van der Waals surface area contributed by atoms with E-state index in [0.29, 0.717) is 5.92 Å². The molecule has 0 spiro atoms. The fraction of sp³-hybridized carbons (Fsp3) is 0.267. The number of nitro groups is 1. The van der Waals surface area contributed by atoms with Crippen LogP contribution >= 0.6 is 23.7 Å². The molecule has 6 heteroatoms. The van der Waals surface area contributed by atoms with E-state index in [1.54, 1.807) is 23.5 Å². The van der Waals surface area contributed by atoms with Crippen molar-refractivity contribution < 1.29 is 4.92 Å². The number of aromatic nitrogens is 1. The molecule has 0 atom stereocenters. The lowest BCUT2D eigenvalue weighted by molar-refractivity contribution is -0.384. The summed E-state index contributed by atoms with van der Waals surface area (Å²) in [5.74, 6) is 0.645. The molecule has 110 valence electrons. The van der Waals surface area contributed by atoms with Crippen LogP contribution in [-0.4, -0.2) is 9.91 Å². The third kappa shape index (κ3) is 3.68. The van der Waals surface area contributed by atoms with E-state index in [1.807, 2.05) is 18.2 Å². The van der Waals surface area contributed by atoms with Crippen LogP contribution in [0.25, 0.3) is 12.2 Å². The second-order valence-corrected chi connectivity index (χ2v) is 5.81. The van der Waals surface area contributed by atoms with E-state index in [0.717, 1.165) is 10.6 Å². The average molecular weight is 323 g/mol. The van der Waals surface area contributed by atoms with Crippen molar-refractivity contribution in [1.29, 1.82) is 0 Å². The molecule has 1 aliphatic carbocycles. The van der Waals surface area contributed by atoms with Gasteiger partial charge in [-0.1, -0.05) is 24.6 Å². The van der Waals surface area contributed by atoms with E-state index in [1.165, 1.54) is 31.0 Å². The Hall–Kier alpha value is -1.72. The highest BCUT2D eigenvalue weighted by molar-refractivity contribution is 7.10. The molecule has 0 amide bonds. The Labute approximate surface area is 133 Å². The van der Waals surface area contributed by atoms with Crippen LogP contribution < -0.4 is 0 Å². The molecule has 2 aromatic rings. The highest BCUT2D eigenvalue weighted by atomic mass is 35.5. The van der Waals surface area contributed by atoms with Crippen LogP contribution in [0.5, 0.6) is 0 Å². The average Bonchev–Trinajstić information content (AvgIpc) is 2.83. The van der Waals surface area contributed by atoms with Crippen LogP contribution in [0, 0.1) is 10.1 Å². The maximum Gasteiger partial charge on any atom is 0.270 e. The first-order valence-corrected chi connectivity index (χ1v) is 7.48. The van der Waals surface area contributed by atoms with Crippen LogP contribution in [0.1, 0.15) is 41.4 Å². The molecule has 1 aromatic heterocycles. The zero-order chi connectivity index (χ0) is 13.9. The van der Waals surface area contributed by atoms with Gasteiger partial charge in [-0.05, 0) is 24.5 Å². The van der Waals surface area contributed by atoms with Gasteiger partial charge < -0.3 is 0 Å². The molecule has 1 aliphatic rings. The number of nitro benzene ring substituents is 1. The lowest BCUT2D eigenvalue weighted by Gasteiger charge is -2.22. The first-order chi connectivity index (χ1) is 9.72. The Morgan fingerprint density at radius 1 is 1.33 bits per heavy atom. The normalized spacial score (nSPS) is 14.7. The summed E-state index contributed by atoms with van der Waals surface area (Å²) in [6, 6.07) is 6.61. The van der Waals surface area contributed by atoms with E-state index in [4.69, 9.17) is 0 Å². The van der Waals surface area contributed by atoms with Crippen LogP contribution in [0.2, 0.25) is 0 Å². The lowest BCUT2D eigenvalue weighted by Crippen LogP contribution is -2.08. The number of nitrogens with zero attached hydrogens (tertiary/aromatic N) is 2. The lowest BCUT2D eigenvalue weighted by atomic mass is 9.83. The zero-order valence-corrected chi connectivity index (χ0v) is 12.9. The monoisotopic (exact) mass is 322 g/mol. The maximum absolute atomic E-state index is 10.7. The summed E-state index contributed by atoms with van der Waals surface area (Å²) in [6.45, 7) is 0. The molecule has 0 bridgehead atoms. The smallest absolute Gasteiger partial charge is 0.258 e. The predicted molar refractivity (Wildman–Crippen MR) is 88.0 cm³/mol. The standard InChI is InChI=1S/C15H14N2O2S.ClH/c18-17(19)13-6-1-3-11(9-13)7-8-15-16-14(10-20-15)12-4-2-5-12;/h1,3,6-10,12H,2,4-5H2;1H/b8-7+;. The second kappa shape index (κ2) is 6.83. The minimum Gasteiger partial charge on any atom is -0.258 e. The fourth-order valence-corrected chi connectivity index (χ4v) is 2.97. The number of thiazole rings is 1. The number of hydrogen-bond donors (Lipinski definition) is 0. The van der Waals surface area contributed by atoms with Crippen molar-refractivity contribution in [1.82, 2.24) is 4.98 Å². The first-order valence-electron chi connectivity index (χ1n) is 6.60. The summed E-state index contributed by atoms with van der Waals surface area (Å²) in [5.41, 5.74) is 2.13. The van der Waals surface area contributed by atoms with Gasteiger partial charge in [-0.25, -0.2) is 4.98 Å². The third-order valence-corrected chi connectivity index (χ3v) is 4.39. The van der Waals surface area contributed by atoms with Crippen molar-refractivity contribution in [3.8, 4) is 0 Å². The number of benzene rings is 1. The predicted octanol–water partition coefficient (Wildman–Crippen LogP) is 4.91. The molecular formula is C15H15ClN2O2S. The summed E-state index contributed by atoms with van der Waals surface area (Å²) in [4.78, 5) is 14.9. The summed E-state index contributed by atoms with van der Waals surface area (Å²) >= 11 is 1.63. The summed E-state index contributed by atoms with van der Waals surface area (Å²) in [5, 5.41) is 13.8. The van der Waals surface area contributed by atoms with Crippen molar-refractivity contribution in [2.24, 2.45) is 0 Å².